The minimum atomic E-state index is -0.441. The van der Waals surface area contributed by atoms with Crippen LogP contribution in [0.25, 0.3) is 0 Å². The summed E-state index contributed by atoms with van der Waals surface area (Å²) in [4.78, 5) is 10.6. The molecule has 0 bridgehead atoms. The molecule has 7 nitrogen and oxygen atoms in total. The molecule has 1 atom stereocenters. The highest BCUT2D eigenvalue weighted by atomic mass is 16.7. The van der Waals surface area contributed by atoms with E-state index in [0.717, 1.165) is 6.42 Å². The van der Waals surface area contributed by atoms with Crippen LogP contribution in [0.1, 0.15) is 13.3 Å². The number of ether oxygens (including phenoxy) is 3. The molecule has 0 fully saturated rings. The lowest BCUT2D eigenvalue weighted by atomic mass is 10.2. The molecule has 2 rings (SSSR count). The van der Waals surface area contributed by atoms with Crippen LogP contribution in [0, 0.1) is 10.1 Å². The lowest BCUT2D eigenvalue weighted by Crippen LogP contribution is -2.24. The van der Waals surface area contributed by atoms with Gasteiger partial charge in [0, 0.05) is 19.2 Å². The molecular weight excluding hydrogens is 252 g/mol. The van der Waals surface area contributed by atoms with Crippen molar-refractivity contribution < 1.29 is 19.1 Å². The van der Waals surface area contributed by atoms with Gasteiger partial charge in [-0.2, -0.15) is 0 Å². The predicted octanol–water partition coefficient (Wildman–Crippen LogP) is 2.16. The number of methoxy groups -OCH3 is 1. The van der Waals surface area contributed by atoms with E-state index in [9.17, 15) is 10.1 Å². The Kier molecular flexibility index (Phi) is 4.06. The van der Waals surface area contributed by atoms with Gasteiger partial charge in [0.15, 0.2) is 11.5 Å². The number of hydrogen-bond acceptors (Lipinski definition) is 6. The molecule has 1 N–H and O–H groups in total. The molecule has 0 radical (unpaired) electrons. The highest BCUT2D eigenvalue weighted by molar-refractivity contribution is 5.69. The Balaban J connectivity index is 2.29. The summed E-state index contributed by atoms with van der Waals surface area (Å²) in [5, 5.41) is 14.2. The van der Waals surface area contributed by atoms with Gasteiger partial charge in [0.05, 0.1) is 17.6 Å². The molecule has 1 aromatic rings. The van der Waals surface area contributed by atoms with Gasteiger partial charge in [-0.25, -0.2) is 0 Å². The Morgan fingerprint density at radius 2 is 2.16 bits per heavy atom. The van der Waals surface area contributed by atoms with E-state index in [1.165, 1.54) is 6.07 Å². The monoisotopic (exact) mass is 268 g/mol. The smallest absolute Gasteiger partial charge is 0.296 e. The van der Waals surface area contributed by atoms with E-state index in [4.69, 9.17) is 14.2 Å². The first kappa shape index (κ1) is 13.4. The predicted molar refractivity (Wildman–Crippen MR) is 68.8 cm³/mol. The number of fused-ring (bicyclic) bond motifs is 1. The maximum absolute atomic E-state index is 11.1. The van der Waals surface area contributed by atoms with Crippen LogP contribution in [0.3, 0.4) is 0 Å². The molecule has 0 aromatic heterocycles. The van der Waals surface area contributed by atoms with Gasteiger partial charge in [-0.05, 0) is 6.42 Å². The average Bonchev–Trinajstić information content (AvgIpc) is 2.84. The number of hydrogen-bond donors (Lipinski definition) is 1. The summed E-state index contributed by atoms with van der Waals surface area (Å²) >= 11 is 0. The number of anilines is 1. The molecule has 0 aliphatic carbocycles. The summed E-state index contributed by atoms with van der Waals surface area (Å²) in [7, 11) is 1.60. The van der Waals surface area contributed by atoms with Crippen LogP contribution in [0.4, 0.5) is 11.4 Å². The Morgan fingerprint density at radius 3 is 2.74 bits per heavy atom. The van der Waals surface area contributed by atoms with E-state index in [2.05, 4.69) is 5.32 Å². The lowest BCUT2D eigenvalue weighted by molar-refractivity contribution is -0.384. The standard InChI is InChI=1S/C12H16N2O5/c1-3-8(6-17-2)13-9-4-11-12(19-7-18-11)5-10(9)14(15)16/h4-5,8,13H,3,6-7H2,1-2H3. The summed E-state index contributed by atoms with van der Waals surface area (Å²) in [5.41, 5.74) is 0.386. The summed E-state index contributed by atoms with van der Waals surface area (Å²) in [5.74, 6) is 0.914. The summed E-state index contributed by atoms with van der Waals surface area (Å²) in [6, 6.07) is 2.98. The van der Waals surface area contributed by atoms with Crippen LogP contribution in [0.2, 0.25) is 0 Å². The van der Waals surface area contributed by atoms with Gasteiger partial charge >= 0.3 is 0 Å². The molecule has 1 aliphatic rings. The largest absolute Gasteiger partial charge is 0.454 e. The lowest BCUT2D eigenvalue weighted by Gasteiger charge is -2.17. The maximum atomic E-state index is 11.1. The summed E-state index contributed by atoms with van der Waals surface area (Å²) in [6.45, 7) is 2.54. The summed E-state index contributed by atoms with van der Waals surface area (Å²) < 4.78 is 15.4. The van der Waals surface area contributed by atoms with Crippen molar-refractivity contribution in [3.63, 3.8) is 0 Å². The molecule has 0 saturated carbocycles. The molecule has 0 saturated heterocycles. The zero-order chi connectivity index (χ0) is 13.8. The zero-order valence-corrected chi connectivity index (χ0v) is 10.8. The first-order chi connectivity index (χ1) is 9.15. The molecule has 1 aromatic carbocycles. The fourth-order valence-corrected chi connectivity index (χ4v) is 1.88. The van der Waals surface area contributed by atoms with Crippen molar-refractivity contribution in [1.82, 2.24) is 0 Å². The van der Waals surface area contributed by atoms with Crippen LogP contribution < -0.4 is 14.8 Å². The van der Waals surface area contributed by atoms with Gasteiger partial charge in [-0.15, -0.1) is 0 Å². The Bertz CT molecular complexity index is 477. The van der Waals surface area contributed by atoms with E-state index in [0.29, 0.717) is 23.8 Å². The van der Waals surface area contributed by atoms with Crippen LogP contribution in [0.15, 0.2) is 12.1 Å². The van der Waals surface area contributed by atoms with Gasteiger partial charge < -0.3 is 19.5 Å². The molecule has 104 valence electrons. The molecule has 1 unspecified atom stereocenters. The minimum Gasteiger partial charge on any atom is -0.454 e. The first-order valence-corrected chi connectivity index (χ1v) is 5.99. The van der Waals surface area contributed by atoms with Crippen molar-refractivity contribution in [2.45, 2.75) is 19.4 Å². The van der Waals surface area contributed by atoms with E-state index in [-0.39, 0.29) is 18.5 Å². The third-order valence-electron chi connectivity index (χ3n) is 2.91. The fourth-order valence-electron chi connectivity index (χ4n) is 1.88. The number of nitrogens with zero attached hydrogens (tertiary/aromatic N) is 1. The van der Waals surface area contributed by atoms with Crippen molar-refractivity contribution >= 4 is 11.4 Å². The van der Waals surface area contributed by atoms with Crippen molar-refractivity contribution in [3.05, 3.63) is 22.2 Å². The maximum Gasteiger partial charge on any atom is 0.296 e. The van der Waals surface area contributed by atoms with Crippen LogP contribution in [0.5, 0.6) is 11.5 Å². The first-order valence-electron chi connectivity index (χ1n) is 5.99. The Morgan fingerprint density at radius 1 is 1.47 bits per heavy atom. The second-order valence-electron chi connectivity index (χ2n) is 4.18. The third-order valence-corrected chi connectivity index (χ3v) is 2.91. The third kappa shape index (κ3) is 2.87. The average molecular weight is 268 g/mol. The molecule has 19 heavy (non-hydrogen) atoms. The molecule has 1 aliphatic heterocycles. The van der Waals surface area contributed by atoms with Crippen molar-refractivity contribution in [2.75, 3.05) is 25.8 Å². The Hall–Kier alpha value is -2.02. The summed E-state index contributed by atoms with van der Waals surface area (Å²) in [6.07, 6.45) is 0.791. The molecule has 0 spiro atoms. The van der Waals surface area contributed by atoms with Gasteiger partial charge in [-0.3, -0.25) is 10.1 Å². The van der Waals surface area contributed by atoms with E-state index in [1.54, 1.807) is 13.2 Å². The topological polar surface area (TPSA) is 82.9 Å². The van der Waals surface area contributed by atoms with Crippen LogP contribution >= 0.6 is 0 Å². The van der Waals surface area contributed by atoms with Gasteiger partial charge in [0.25, 0.3) is 5.69 Å². The SMILES string of the molecule is CCC(COC)Nc1cc2c(cc1[N+](=O)[O-])OCO2. The highest BCUT2D eigenvalue weighted by Gasteiger charge is 2.24. The number of nitrogens with one attached hydrogen (secondary N) is 1. The van der Waals surface area contributed by atoms with Crippen LogP contribution in [-0.4, -0.2) is 31.5 Å². The zero-order valence-electron chi connectivity index (χ0n) is 10.8. The second kappa shape index (κ2) is 5.75. The Labute approximate surface area is 110 Å². The molecule has 1 heterocycles. The van der Waals surface area contributed by atoms with Crippen molar-refractivity contribution in [3.8, 4) is 11.5 Å². The second-order valence-corrected chi connectivity index (χ2v) is 4.18. The van der Waals surface area contributed by atoms with E-state index >= 15 is 0 Å². The normalized spacial score (nSPS) is 14.2. The molecular formula is C12H16N2O5. The minimum absolute atomic E-state index is 0.00377. The number of rotatable bonds is 6. The highest BCUT2D eigenvalue weighted by Crippen LogP contribution is 2.40. The number of nitro groups is 1. The molecule has 7 heteroatoms. The van der Waals surface area contributed by atoms with Crippen molar-refractivity contribution in [1.29, 1.82) is 0 Å². The molecule has 0 amide bonds. The van der Waals surface area contributed by atoms with Crippen LogP contribution in [-0.2, 0) is 4.74 Å². The van der Waals surface area contributed by atoms with E-state index in [1.807, 2.05) is 6.92 Å². The quantitative estimate of drug-likeness (QED) is 0.628. The van der Waals surface area contributed by atoms with Gasteiger partial charge in [0.2, 0.25) is 6.79 Å². The fraction of sp³-hybridized carbons (Fsp3) is 0.500. The van der Waals surface area contributed by atoms with Gasteiger partial charge in [0.1, 0.15) is 5.69 Å². The van der Waals surface area contributed by atoms with Crippen molar-refractivity contribution in [2.24, 2.45) is 0 Å². The number of nitro benzene ring substituents is 1. The number of benzene rings is 1. The van der Waals surface area contributed by atoms with E-state index < -0.39 is 4.92 Å². The van der Waals surface area contributed by atoms with Gasteiger partial charge in [-0.1, -0.05) is 6.92 Å².